The molecule has 0 radical (unpaired) electrons. The number of ether oxygens (including phenoxy) is 3. The third-order valence-electron chi connectivity index (χ3n) is 6.01. The van der Waals surface area contributed by atoms with Crippen molar-refractivity contribution in [2.75, 3.05) is 52.4 Å². The molecule has 9 nitrogen and oxygen atoms in total. The smallest absolute Gasteiger partial charge is 0.253 e. The first-order valence-corrected chi connectivity index (χ1v) is 12.0. The van der Waals surface area contributed by atoms with Crippen LogP contribution in [0.5, 0.6) is 5.75 Å². The Morgan fingerprint density at radius 3 is 2.46 bits per heavy atom. The van der Waals surface area contributed by atoms with Crippen LogP contribution >= 0.6 is 0 Å². The predicted molar refractivity (Wildman–Crippen MR) is 139 cm³/mol. The van der Waals surface area contributed by atoms with Crippen molar-refractivity contribution in [3.8, 4) is 39.6 Å². The molecule has 190 valence electrons. The van der Waals surface area contributed by atoms with E-state index in [2.05, 4.69) is 4.98 Å². The first-order valence-electron chi connectivity index (χ1n) is 12.0. The number of amides is 1. The Balaban J connectivity index is 1.46. The van der Waals surface area contributed by atoms with E-state index in [1.165, 1.54) is 0 Å². The quantitative estimate of drug-likeness (QED) is 0.358. The lowest BCUT2D eigenvalue weighted by atomic mass is 10.1. The summed E-state index contributed by atoms with van der Waals surface area (Å²) in [5.74, 6) is 1.41. The zero-order chi connectivity index (χ0) is 25.6. The van der Waals surface area contributed by atoms with Crippen LogP contribution in [0.25, 0.3) is 33.8 Å². The van der Waals surface area contributed by atoms with Crippen molar-refractivity contribution in [1.29, 1.82) is 0 Å². The molecule has 2 aliphatic rings. The summed E-state index contributed by atoms with van der Waals surface area (Å²) < 4.78 is 22.9. The number of likely N-dealkylation sites (N-methyl/N-ethyl adjacent to an activating group) is 1. The van der Waals surface area contributed by atoms with Crippen molar-refractivity contribution in [1.82, 2.24) is 14.9 Å². The number of anilines is 1. The van der Waals surface area contributed by atoms with Crippen LogP contribution < -0.4 is 10.5 Å². The SMILES string of the molecule is CN1CCOCCOCCOc2cccc(c2)-c2coc(c2)-c2nc(cnc2N)-c2ccc(cc2)C1=O. The van der Waals surface area contributed by atoms with Gasteiger partial charge in [-0.3, -0.25) is 4.79 Å². The van der Waals surface area contributed by atoms with Gasteiger partial charge < -0.3 is 29.3 Å². The van der Waals surface area contributed by atoms with Gasteiger partial charge in [0.25, 0.3) is 5.91 Å². The van der Waals surface area contributed by atoms with E-state index in [1.54, 1.807) is 36.5 Å². The van der Waals surface area contributed by atoms with Crippen LogP contribution in [-0.4, -0.2) is 67.4 Å². The molecule has 8 bridgehead atoms. The third kappa shape index (κ3) is 5.79. The fourth-order valence-electron chi connectivity index (χ4n) is 3.94. The molecular formula is C28H28N4O5. The molecule has 0 aliphatic carbocycles. The zero-order valence-electron chi connectivity index (χ0n) is 20.6. The molecule has 0 unspecified atom stereocenters. The minimum absolute atomic E-state index is 0.0894. The standard InChI is InChI=1S/C28H28N4O5/c1-32-9-10-34-11-12-35-13-14-36-23-4-2-3-21(15-23)22-16-25(37-18-22)26-27(29)30-17-24(31-26)19-5-7-20(8-6-19)28(32)33/h2-8,15-18H,9-14H2,1H3,(H2,29,30). The number of nitrogen functional groups attached to an aromatic ring is 1. The van der Waals surface area contributed by atoms with E-state index in [0.717, 1.165) is 22.4 Å². The first kappa shape index (κ1) is 24.5. The van der Waals surface area contributed by atoms with Crippen molar-refractivity contribution in [2.45, 2.75) is 0 Å². The van der Waals surface area contributed by atoms with Gasteiger partial charge in [0.05, 0.1) is 44.6 Å². The third-order valence-corrected chi connectivity index (χ3v) is 6.01. The Morgan fingerprint density at radius 1 is 0.865 bits per heavy atom. The maximum Gasteiger partial charge on any atom is 0.253 e. The number of aromatic nitrogens is 2. The predicted octanol–water partition coefficient (Wildman–Crippen LogP) is 4.15. The fraction of sp³-hybridized carbons (Fsp3) is 0.250. The molecule has 0 saturated carbocycles. The number of benzene rings is 2. The second-order valence-corrected chi connectivity index (χ2v) is 8.59. The summed E-state index contributed by atoms with van der Waals surface area (Å²) in [6, 6.07) is 16.9. The topological polar surface area (TPSA) is 113 Å². The minimum atomic E-state index is -0.0894. The number of rotatable bonds is 0. The Morgan fingerprint density at radius 2 is 1.62 bits per heavy atom. The van der Waals surface area contributed by atoms with Crippen LogP contribution in [0.3, 0.4) is 0 Å². The van der Waals surface area contributed by atoms with E-state index in [-0.39, 0.29) is 11.7 Å². The van der Waals surface area contributed by atoms with Gasteiger partial charge in [-0.05, 0) is 35.9 Å². The number of fused-ring (bicyclic) bond motifs is 12. The van der Waals surface area contributed by atoms with Crippen LogP contribution in [0.15, 0.2) is 71.5 Å². The van der Waals surface area contributed by atoms with Gasteiger partial charge in [0, 0.05) is 30.3 Å². The highest BCUT2D eigenvalue weighted by molar-refractivity contribution is 5.94. The van der Waals surface area contributed by atoms with Gasteiger partial charge in [-0.25, -0.2) is 9.97 Å². The van der Waals surface area contributed by atoms with Crippen molar-refractivity contribution in [3.05, 3.63) is 72.6 Å². The van der Waals surface area contributed by atoms with Crippen LogP contribution in [0.4, 0.5) is 5.82 Å². The number of nitrogens with two attached hydrogens (primary N) is 1. The lowest BCUT2D eigenvalue weighted by molar-refractivity contribution is 0.0301. The van der Waals surface area contributed by atoms with E-state index in [1.807, 2.05) is 42.5 Å². The molecular weight excluding hydrogens is 472 g/mol. The highest BCUT2D eigenvalue weighted by atomic mass is 16.5. The molecule has 4 aromatic rings. The highest BCUT2D eigenvalue weighted by Gasteiger charge is 2.16. The molecule has 0 atom stereocenters. The Bertz CT molecular complexity index is 1370. The molecule has 9 heteroatoms. The summed E-state index contributed by atoms with van der Waals surface area (Å²) in [5.41, 5.74) is 10.4. The van der Waals surface area contributed by atoms with E-state index in [4.69, 9.17) is 29.3 Å². The number of hydrogen-bond donors (Lipinski definition) is 1. The van der Waals surface area contributed by atoms with Crippen LogP contribution in [0.1, 0.15) is 10.4 Å². The van der Waals surface area contributed by atoms with Gasteiger partial charge in [0.2, 0.25) is 0 Å². The molecule has 0 fully saturated rings. The van der Waals surface area contributed by atoms with E-state index < -0.39 is 0 Å². The maximum absolute atomic E-state index is 12.8. The van der Waals surface area contributed by atoms with Gasteiger partial charge in [0.15, 0.2) is 11.6 Å². The summed E-state index contributed by atoms with van der Waals surface area (Å²) in [7, 11) is 1.75. The van der Waals surface area contributed by atoms with Gasteiger partial charge in [-0.2, -0.15) is 0 Å². The number of hydrogen-bond acceptors (Lipinski definition) is 8. The molecule has 2 N–H and O–H groups in total. The second-order valence-electron chi connectivity index (χ2n) is 8.59. The monoisotopic (exact) mass is 500 g/mol. The van der Waals surface area contributed by atoms with Crippen molar-refractivity contribution in [2.24, 2.45) is 0 Å². The molecule has 2 aliphatic heterocycles. The molecule has 1 amide bonds. The van der Waals surface area contributed by atoms with Crippen molar-refractivity contribution < 1.29 is 23.4 Å². The summed E-state index contributed by atoms with van der Waals surface area (Å²) in [5, 5.41) is 0. The molecule has 0 saturated heterocycles. The summed E-state index contributed by atoms with van der Waals surface area (Å²) in [6.45, 7) is 2.63. The lowest BCUT2D eigenvalue weighted by Gasteiger charge is -2.17. The van der Waals surface area contributed by atoms with Gasteiger partial charge in [0.1, 0.15) is 18.1 Å². The summed E-state index contributed by atoms with van der Waals surface area (Å²) >= 11 is 0. The van der Waals surface area contributed by atoms with Gasteiger partial charge in [-0.1, -0.05) is 24.3 Å². The first-order chi connectivity index (χ1) is 18.1. The average molecular weight is 501 g/mol. The van der Waals surface area contributed by atoms with E-state index in [9.17, 15) is 4.79 Å². The Kier molecular flexibility index (Phi) is 7.43. The van der Waals surface area contributed by atoms with Crippen LogP contribution in [-0.2, 0) is 9.47 Å². The lowest BCUT2D eigenvalue weighted by Crippen LogP contribution is -2.30. The van der Waals surface area contributed by atoms with Crippen LogP contribution in [0.2, 0.25) is 0 Å². The molecule has 2 aromatic heterocycles. The molecule has 2 aromatic carbocycles. The van der Waals surface area contributed by atoms with Gasteiger partial charge in [-0.15, -0.1) is 0 Å². The molecule has 4 heterocycles. The number of carbonyl (C=O) groups is 1. The summed E-state index contributed by atoms with van der Waals surface area (Å²) in [6.07, 6.45) is 3.27. The molecule has 6 rings (SSSR count). The summed E-state index contributed by atoms with van der Waals surface area (Å²) in [4.78, 5) is 23.5. The number of nitrogens with zero attached hydrogens (tertiary/aromatic N) is 3. The zero-order valence-corrected chi connectivity index (χ0v) is 20.6. The number of furan rings is 1. The van der Waals surface area contributed by atoms with Crippen LogP contribution in [0, 0.1) is 0 Å². The normalized spacial score (nSPS) is 15.2. The van der Waals surface area contributed by atoms with Crippen molar-refractivity contribution in [3.63, 3.8) is 0 Å². The molecule has 0 spiro atoms. The average Bonchev–Trinajstić information content (AvgIpc) is 3.42. The fourth-order valence-corrected chi connectivity index (χ4v) is 3.94. The highest BCUT2D eigenvalue weighted by Crippen LogP contribution is 2.32. The van der Waals surface area contributed by atoms with Gasteiger partial charge >= 0.3 is 0 Å². The largest absolute Gasteiger partial charge is 0.491 e. The Labute approximate surface area is 214 Å². The second kappa shape index (κ2) is 11.2. The van der Waals surface area contributed by atoms with Crippen molar-refractivity contribution >= 4 is 11.7 Å². The molecule has 37 heavy (non-hydrogen) atoms. The Hall–Kier alpha value is -4.21. The van der Waals surface area contributed by atoms with E-state index >= 15 is 0 Å². The minimum Gasteiger partial charge on any atom is -0.491 e. The maximum atomic E-state index is 12.8. The van der Waals surface area contributed by atoms with E-state index in [0.29, 0.717) is 62.3 Å². The number of carbonyl (C=O) groups excluding carboxylic acids is 1.